The van der Waals surface area contributed by atoms with Crippen LogP contribution in [0, 0.1) is 11.3 Å². The van der Waals surface area contributed by atoms with Crippen molar-refractivity contribution >= 4 is 5.91 Å². The number of rotatable bonds is 7. The lowest BCUT2D eigenvalue weighted by Gasteiger charge is -2.56. The second-order valence-electron chi connectivity index (χ2n) is 11.5. The van der Waals surface area contributed by atoms with Crippen LogP contribution in [0.25, 0.3) is 0 Å². The molecule has 1 aromatic carbocycles. The maximum atomic E-state index is 12.8. The zero-order valence-corrected chi connectivity index (χ0v) is 20.4. The fraction of sp³-hybridized carbons (Fsp3) is 0.586. The third kappa shape index (κ3) is 3.86. The van der Waals surface area contributed by atoms with Crippen LogP contribution in [0.1, 0.15) is 65.7 Å². The fourth-order valence-electron chi connectivity index (χ4n) is 7.47. The van der Waals surface area contributed by atoms with Gasteiger partial charge in [-0.25, -0.2) is 4.98 Å². The number of amides is 1. The van der Waals surface area contributed by atoms with Crippen molar-refractivity contribution < 1.29 is 14.3 Å². The van der Waals surface area contributed by atoms with E-state index in [2.05, 4.69) is 33.4 Å². The third-order valence-corrected chi connectivity index (χ3v) is 9.57. The Morgan fingerprint density at radius 3 is 2.77 bits per heavy atom. The standard InChI is InChI=1S/C29H35N3O3/c33-28(26-6-5-24(15-30-26)35-18-25-2-1-11-34-25)31-23-13-20-4-3-19(12-21(20)14-23)16-32-17-22-7-9-29(22)10-8-27(29)32/h3-6,12,15,22-23,25,27H,1-2,7-11,13-14,16-18H2,(H,31,33). The number of pyridine rings is 1. The zero-order chi connectivity index (χ0) is 23.4. The van der Waals surface area contributed by atoms with Gasteiger partial charge in [0, 0.05) is 31.8 Å². The van der Waals surface area contributed by atoms with Crippen molar-refractivity contribution in [1.29, 1.82) is 0 Å². The molecule has 7 rings (SSSR count). The van der Waals surface area contributed by atoms with Crippen LogP contribution in [0.3, 0.4) is 0 Å². The van der Waals surface area contributed by atoms with Crippen molar-refractivity contribution in [2.24, 2.45) is 11.3 Å². The molecule has 1 N–H and O–H groups in total. The predicted molar refractivity (Wildman–Crippen MR) is 132 cm³/mol. The van der Waals surface area contributed by atoms with E-state index in [1.165, 1.54) is 48.9 Å². The van der Waals surface area contributed by atoms with Crippen molar-refractivity contribution in [2.45, 2.75) is 76.1 Å². The first kappa shape index (κ1) is 21.8. The van der Waals surface area contributed by atoms with Gasteiger partial charge in [-0.15, -0.1) is 0 Å². The highest BCUT2D eigenvalue weighted by atomic mass is 16.5. The molecule has 2 saturated carbocycles. The number of nitrogens with one attached hydrogen (secondary N) is 1. The molecule has 0 radical (unpaired) electrons. The van der Waals surface area contributed by atoms with Crippen molar-refractivity contribution in [2.75, 3.05) is 19.8 Å². The van der Waals surface area contributed by atoms with E-state index < -0.39 is 0 Å². The number of carbonyl (C=O) groups excluding carboxylic acids is 1. The summed E-state index contributed by atoms with van der Waals surface area (Å²) in [4.78, 5) is 19.9. The summed E-state index contributed by atoms with van der Waals surface area (Å²) in [5.74, 6) is 1.53. The molecule has 1 amide bonds. The number of hydrogen-bond acceptors (Lipinski definition) is 5. The molecule has 5 atom stereocenters. The van der Waals surface area contributed by atoms with Gasteiger partial charge in [-0.2, -0.15) is 0 Å². The lowest BCUT2D eigenvalue weighted by atomic mass is 9.50. The number of likely N-dealkylation sites (tertiary alicyclic amines) is 1. The molecule has 184 valence electrons. The van der Waals surface area contributed by atoms with E-state index in [0.29, 0.717) is 23.5 Å². The first-order valence-electron chi connectivity index (χ1n) is 13.5. The van der Waals surface area contributed by atoms with E-state index >= 15 is 0 Å². The summed E-state index contributed by atoms with van der Waals surface area (Å²) in [6, 6.07) is 11.5. The topological polar surface area (TPSA) is 63.7 Å². The largest absolute Gasteiger partial charge is 0.489 e. The van der Waals surface area contributed by atoms with E-state index in [1.54, 1.807) is 12.3 Å². The number of ether oxygens (including phenoxy) is 2. The van der Waals surface area contributed by atoms with Gasteiger partial charge in [-0.3, -0.25) is 9.69 Å². The average molecular weight is 474 g/mol. The first-order valence-corrected chi connectivity index (χ1v) is 13.5. The number of benzene rings is 1. The molecular weight excluding hydrogens is 438 g/mol. The van der Waals surface area contributed by atoms with Crippen LogP contribution in [0.2, 0.25) is 0 Å². The monoisotopic (exact) mass is 473 g/mol. The number of hydrogen-bond donors (Lipinski definition) is 1. The van der Waals surface area contributed by atoms with Crippen LogP contribution in [-0.4, -0.2) is 53.7 Å². The molecule has 1 spiro atoms. The van der Waals surface area contributed by atoms with Gasteiger partial charge in [-0.05, 0) is 91.5 Å². The second-order valence-corrected chi connectivity index (χ2v) is 11.5. The Bertz CT molecular complexity index is 1110. The molecule has 2 aliphatic heterocycles. The molecule has 5 unspecified atom stereocenters. The molecule has 2 aromatic rings. The van der Waals surface area contributed by atoms with Crippen LogP contribution < -0.4 is 10.1 Å². The Hall–Kier alpha value is -2.44. The normalized spacial score (nSPS) is 32.8. The predicted octanol–water partition coefficient (Wildman–Crippen LogP) is 3.91. The zero-order valence-electron chi connectivity index (χ0n) is 20.4. The Balaban J connectivity index is 0.932. The summed E-state index contributed by atoms with van der Waals surface area (Å²) in [6.07, 6.45) is 11.5. The molecule has 35 heavy (non-hydrogen) atoms. The van der Waals surface area contributed by atoms with Gasteiger partial charge in [0.25, 0.3) is 5.91 Å². The van der Waals surface area contributed by atoms with E-state index in [9.17, 15) is 4.79 Å². The van der Waals surface area contributed by atoms with E-state index in [4.69, 9.17) is 9.47 Å². The number of nitrogens with zero attached hydrogens (tertiary/aromatic N) is 2. The van der Waals surface area contributed by atoms with Gasteiger partial charge in [0.2, 0.25) is 0 Å². The minimum Gasteiger partial charge on any atom is -0.489 e. The summed E-state index contributed by atoms with van der Waals surface area (Å²) in [6.45, 7) is 3.73. The van der Waals surface area contributed by atoms with Gasteiger partial charge in [0.1, 0.15) is 18.1 Å². The molecule has 0 bridgehead atoms. The van der Waals surface area contributed by atoms with Crippen LogP contribution >= 0.6 is 0 Å². The molecule has 6 heteroatoms. The minimum atomic E-state index is -0.114. The lowest BCUT2D eigenvalue weighted by molar-refractivity contribution is -0.0477. The third-order valence-electron chi connectivity index (χ3n) is 9.57. The Morgan fingerprint density at radius 1 is 1.14 bits per heavy atom. The molecule has 4 fully saturated rings. The van der Waals surface area contributed by atoms with E-state index in [1.807, 2.05) is 6.07 Å². The lowest BCUT2D eigenvalue weighted by Crippen LogP contribution is -2.53. The smallest absolute Gasteiger partial charge is 0.270 e. The highest BCUT2D eigenvalue weighted by Gasteiger charge is 2.63. The molecule has 2 saturated heterocycles. The molecular formula is C29H35N3O3. The summed E-state index contributed by atoms with van der Waals surface area (Å²) in [7, 11) is 0. The second kappa shape index (κ2) is 8.59. The van der Waals surface area contributed by atoms with Crippen LogP contribution in [-0.2, 0) is 24.1 Å². The highest BCUT2D eigenvalue weighted by molar-refractivity contribution is 5.92. The van der Waals surface area contributed by atoms with E-state index in [0.717, 1.165) is 50.8 Å². The Kier molecular flexibility index (Phi) is 5.36. The van der Waals surface area contributed by atoms with Gasteiger partial charge in [-0.1, -0.05) is 18.2 Å². The van der Waals surface area contributed by atoms with Gasteiger partial charge < -0.3 is 14.8 Å². The molecule has 3 heterocycles. The number of carbonyl (C=O) groups is 1. The number of aromatic nitrogens is 1. The maximum Gasteiger partial charge on any atom is 0.270 e. The SMILES string of the molecule is O=C(NC1Cc2ccc(CN3CC4CCC45CCC35)cc2C1)c1ccc(OCC2CCCO2)cn1. The van der Waals surface area contributed by atoms with E-state index in [-0.39, 0.29) is 18.1 Å². The molecule has 5 aliphatic rings. The Labute approximate surface area is 207 Å². The van der Waals surface area contributed by atoms with Crippen molar-refractivity contribution in [3.63, 3.8) is 0 Å². The summed E-state index contributed by atoms with van der Waals surface area (Å²) in [5, 5.41) is 3.20. The van der Waals surface area contributed by atoms with Crippen molar-refractivity contribution in [3.8, 4) is 5.75 Å². The maximum absolute atomic E-state index is 12.8. The quantitative estimate of drug-likeness (QED) is 0.661. The van der Waals surface area contributed by atoms with Crippen molar-refractivity contribution in [3.05, 3.63) is 58.9 Å². The van der Waals surface area contributed by atoms with Crippen LogP contribution in [0.5, 0.6) is 5.75 Å². The van der Waals surface area contributed by atoms with Gasteiger partial charge in [0.15, 0.2) is 0 Å². The highest BCUT2D eigenvalue weighted by Crippen LogP contribution is 2.65. The first-order chi connectivity index (χ1) is 17.2. The molecule has 6 nitrogen and oxygen atoms in total. The summed E-state index contributed by atoms with van der Waals surface area (Å²) in [5.41, 5.74) is 5.33. The molecule has 3 aliphatic carbocycles. The Morgan fingerprint density at radius 2 is 2.06 bits per heavy atom. The fourth-order valence-corrected chi connectivity index (χ4v) is 7.47. The van der Waals surface area contributed by atoms with Gasteiger partial charge >= 0.3 is 0 Å². The van der Waals surface area contributed by atoms with Crippen LogP contribution in [0.4, 0.5) is 0 Å². The summed E-state index contributed by atoms with van der Waals surface area (Å²) < 4.78 is 11.4. The average Bonchev–Trinajstić information content (AvgIpc) is 3.51. The van der Waals surface area contributed by atoms with Gasteiger partial charge in [0.05, 0.1) is 12.3 Å². The van der Waals surface area contributed by atoms with Crippen molar-refractivity contribution in [1.82, 2.24) is 15.2 Å². The molecule has 1 aromatic heterocycles. The minimum absolute atomic E-state index is 0.114. The summed E-state index contributed by atoms with van der Waals surface area (Å²) >= 11 is 0. The number of fused-ring (bicyclic) bond motifs is 1. The van der Waals surface area contributed by atoms with Crippen LogP contribution in [0.15, 0.2) is 36.5 Å².